The first-order valence-electron chi connectivity index (χ1n) is 8.09. The van der Waals surface area contributed by atoms with Gasteiger partial charge in [-0.2, -0.15) is 0 Å². The van der Waals surface area contributed by atoms with E-state index in [1.165, 1.54) is 0 Å². The van der Waals surface area contributed by atoms with Gasteiger partial charge in [-0.15, -0.1) is 0 Å². The number of rotatable bonds is 4. The first kappa shape index (κ1) is 17.0. The van der Waals surface area contributed by atoms with E-state index < -0.39 is 0 Å². The molecule has 126 valence electrons. The van der Waals surface area contributed by atoms with Gasteiger partial charge in [0, 0.05) is 66.3 Å². The Hall–Kier alpha value is -1.34. The molecule has 0 aromatic carbocycles. The topological polar surface area (TPSA) is 60.4 Å². The Kier molecular flexibility index (Phi) is 6.45. The zero-order valence-electron chi connectivity index (χ0n) is 14.0. The number of hydrogen-bond donors (Lipinski definition) is 1. The summed E-state index contributed by atoms with van der Waals surface area (Å²) in [5.74, 6) is 1.04. The Morgan fingerprint density at radius 3 is 2.68 bits per heavy atom. The number of morpholine rings is 1. The van der Waals surface area contributed by atoms with Crippen molar-refractivity contribution in [1.82, 2.24) is 20.0 Å². The van der Waals surface area contributed by atoms with Crippen molar-refractivity contribution in [3.05, 3.63) is 0 Å². The zero-order valence-corrected chi connectivity index (χ0v) is 14.0. The fourth-order valence-corrected chi connectivity index (χ4v) is 3.01. The van der Waals surface area contributed by atoms with E-state index in [1.54, 1.807) is 26.0 Å². The summed E-state index contributed by atoms with van der Waals surface area (Å²) in [6.07, 6.45) is 1.66. The van der Waals surface area contributed by atoms with Gasteiger partial charge in [0.25, 0.3) is 0 Å². The molecule has 0 radical (unpaired) electrons. The third kappa shape index (κ3) is 4.58. The average Bonchev–Trinajstić information content (AvgIpc) is 3.02. The normalized spacial score (nSPS) is 23.7. The lowest BCUT2D eigenvalue weighted by Crippen LogP contribution is -2.47. The molecule has 0 aliphatic carbocycles. The van der Waals surface area contributed by atoms with Crippen molar-refractivity contribution in [2.45, 2.75) is 18.9 Å². The first-order chi connectivity index (χ1) is 10.6. The number of guanidine groups is 1. The van der Waals surface area contributed by atoms with Gasteiger partial charge in [-0.05, 0) is 6.42 Å². The highest BCUT2D eigenvalue weighted by Gasteiger charge is 2.30. The second kappa shape index (κ2) is 8.33. The number of ether oxygens (including phenoxy) is 1. The van der Waals surface area contributed by atoms with Crippen molar-refractivity contribution in [3.63, 3.8) is 0 Å². The molecule has 2 rings (SSSR count). The molecule has 2 heterocycles. The molecule has 2 aliphatic rings. The van der Waals surface area contributed by atoms with Crippen molar-refractivity contribution in [2.24, 2.45) is 4.99 Å². The Bertz CT molecular complexity index is 393. The number of nitrogens with one attached hydrogen (secondary N) is 1. The fourth-order valence-electron chi connectivity index (χ4n) is 3.01. The number of hydrogen-bond acceptors (Lipinski definition) is 4. The molecule has 0 spiro atoms. The average molecular weight is 311 g/mol. The molecule has 7 nitrogen and oxygen atoms in total. The Labute approximate surface area is 133 Å². The predicted octanol–water partition coefficient (Wildman–Crippen LogP) is -0.553. The van der Waals surface area contributed by atoms with Crippen LogP contribution in [0.15, 0.2) is 4.99 Å². The van der Waals surface area contributed by atoms with Crippen LogP contribution in [-0.2, 0) is 9.53 Å². The predicted molar refractivity (Wildman–Crippen MR) is 87.0 cm³/mol. The number of carbonyl (C=O) groups excluding carboxylic acids is 1. The highest BCUT2D eigenvalue weighted by atomic mass is 16.5. The lowest BCUT2D eigenvalue weighted by Gasteiger charge is -2.32. The van der Waals surface area contributed by atoms with Crippen LogP contribution in [0.25, 0.3) is 0 Å². The van der Waals surface area contributed by atoms with Crippen LogP contribution in [0.3, 0.4) is 0 Å². The van der Waals surface area contributed by atoms with Gasteiger partial charge in [0.1, 0.15) is 0 Å². The Morgan fingerprint density at radius 1 is 1.32 bits per heavy atom. The van der Waals surface area contributed by atoms with Crippen molar-refractivity contribution in [1.29, 1.82) is 0 Å². The van der Waals surface area contributed by atoms with Crippen molar-refractivity contribution >= 4 is 11.9 Å². The van der Waals surface area contributed by atoms with Crippen molar-refractivity contribution in [3.8, 4) is 0 Å². The van der Waals surface area contributed by atoms with Crippen LogP contribution in [0.1, 0.15) is 12.8 Å². The van der Waals surface area contributed by atoms with Gasteiger partial charge in [-0.3, -0.25) is 14.7 Å². The quantitative estimate of drug-likeness (QED) is 0.557. The smallest absolute Gasteiger partial charge is 0.223 e. The second-order valence-electron chi connectivity index (χ2n) is 6.05. The first-order valence-corrected chi connectivity index (χ1v) is 8.09. The molecule has 0 saturated carbocycles. The van der Waals surface area contributed by atoms with E-state index in [0.717, 1.165) is 51.8 Å². The maximum atomic E-state index is 11.6. The van der Waals surface area contributed by atoms with Crippen molar-refractivity contribution in [2.75, 3.05) is 67.1 Å². The standard InChI is InChI=1S/C15H29N5O2/c1-16-15(17-6-4-14(21)18(2)3)20-7-5-13(12-20)19-8-10-22-11-9-19/h13H,4-12H2,1-3H3,(H,16,17). The van der Waals surface area contributed by atoms with Crippen LogP contribution in [0.2, 0.25) is 0 Å². The highest BCUT2D eigenvalue weighted by molar-refractivity contribution is 5.81. The molecule has 1 atom stereocenters. The molecule has 2 aliphatic heterocycles. The van der Waals surface area contributed by atoms with E-state index in [4.69, 9.17) is 4.74 Å². The van der Waals surface area contributed by atoms with Crippen LogP contribution in [0.4, 0.5) is 0 Å². The number of likely N-dealkylation sites (tertiary alicyclic amines) is 1. The van der Waals surface area contributed by atoms with E-state index >= 15 is 0 Å². The molecule has 0 bridgehead atoms. The van der Waals surface area contributed by atoms with Gasteiger partial charge < -0.3 is 19.9 Å². The Morgan fingerprint density at radius 2 is 2.05 bits per heavy atom. The minimum atomic E-state index is 0.135. The van der Waals surface area contributed by atoms with Crippen LogP contribution >= 0.6 is 0 Å². The molecule has 1 amide bonds. The van der Waals surface area contributed by atoms with Gasteiger partial charge in [-0.25, -0.2) is 0 Å². The lowest BCUT2D eigenvalue weighted by atomic mass is 10.2. The maximum Gasteiger partial charge on any atom is 0.223 e. The van der Waals surface area contributed by atoms with E-state index in [2.05, 4.69) is 20.1 Å². The summed E-state index contributed by atoms with van der Waals surface area (Å²) in [5.41, 5.74) is 0. The number of amides is 1. The SMILES string of the molecule is CN=C(NCCC(=O)N(C)C)N1CCC(N2CCOCC2)C1. The van der Waals surface area contributed by atoms with Gasteiger partial charge in [0.2, 0.25) is 5.91 Å². The van der Waals surface area contributed by atoms with Crippen LogP contribution in [-0.4, -0.2) is 99.7 Å². The van der Waals surface area contributed by atoms with Gasteiger partial charge >= 0.3 is 0 Å². The summed E-state index contributed by atoms with van der Waals surface area (Å²) < 4.78 is 5.42. The van der Waals surface area contributed by atoms with Crippen LogP contribution in [0, 0.1) is 0 Å². The molecule has 1 N–H and O–H groups in total. The van der Waals surface area contributed by atoms with E-state index in [9.17, 15) is 4.79 Å². The molecule has 22 heavy (non-hydrogen) atoms. The Balaban J connectivity index is 1.76. The molecule has 2 fully saturated rings. The molecular formula is C15H29N5O2. The summed E-state index contributed by atoms with van der Waals surface area (Å²) in [5, 5.41) is 3.31. The van der Waals surface area contributed by atoms with E-state index in [1.807, 2.05) is 0 Å². The molecule has 7 heteroatoms. The second-order valence-corrected chi connectivity index (χ2v) is 6.05. The zero-order chi connectivity index (χ0) is 15.9. The largest absolute Gasteiger partial charge is 0.379 e. The third-order valence-electron chi connectivity index (χ3n) is 4.36. The fraction of sp³-hybridized carbons (Fsp3) is 0.867. The van der Waals surface area contributed by atoms with Crippen LogP contribution < -0.4 is 5.32 Å². The minimum absolute atomic E-state index is 0.135. The monoisotopic (exact) mass is 311 g/mol. The van der Waals surface area contributed by atoms with Gasteiger partial charge in [0.15, 0.2) is 5.96 Å². The molecule has 1 unspecified atom stereocenters. The summed E-state index contributed by atoms with van der Waals surface area (Å²) in [6.45, 7) is 6.39. The van der Waals surface area contributed by atoms with Gasteiger partial charge in [-0.1, -0.05) is 0 Å². The summed E-state index contributed by atoms with van der Waals surface area (Å²) in [7, 11) is 5.37. The number of aliphatic imine (C=N–C) groups is 1. The summed E-state index contributed by atoms with van der Waals surface area (Å²) >= 11 is 0. The summed E-state index contributed by atoms with van der Waals surface area (Å²) in [6, 6.07) is 0.589. The number of nitrogens with zero attached hydrogens (tertiary/aromatic N) is 4. The lowest BCUT2D eigenvalue weighted by molar-refractivity contribution is -0.128. The summed E-state index contributed by atoms with van der Waals surface area (Å²) in [4.78, 5) is 22.4. The van der Waals surface area contributed by atoms with Gasteiger partial charge in [0.05, 0.1) is 13.2 Å². The van der Waals surface area contributed by atoms with Crippen molar-refractivity contribution < 1.29 is 9.53 Å². The molecular weight excluding hydrogens is 282 g/mol. The molecule has 0 aromatic rings. The van der Waals surface area contributed by atoms with E-state index in [-0.39, 0.29) is 5.91 Å². The van der Waals surface area contributed by atoms with Crippen LogP contribution in [0.5, 0.6) is 0 Å². The molecule has 2 saturated heterocycles. The highest BCUT2D eigenvalue weighted by Crippen LogP contribution is 2.16. The maximum absolute atomic E-state index is 11.6. The van der Waals surface area contributed by atoms with E-state index in [0.29, 0.717) is 19.0 Å². The minimum Gasteiger partial charge on any atom is -0.379 e. The molecule has 0 aromatic heterocycles. The number of carbonyl (C=O) groups is 1. The third-order valence-corrected chi connectivity index (χ3v) is 4.36.